The van der Waals surface area contributed by atoms with Crippen molar-refractivity contribution >= 4 is 17.5 Å². The molecule has 0 saturated carbocycles. The second kappa shape index (κ2) is 7.05. The molecule has 3 rings (SSSR count). The fourth-order valence-electron chi connectivity index (χ4n) is 3.04. The molecule has 1 saturated heterocycles. The first kappa shape index (κ1) is 17.1. The highest BCUT2D eigenvalue weighted by Gasteiger charge is 2.33. The number of nitrogens with one attached hydrogen (secondary N) is 1. The van der Waals surface area contributed by atoms with Gasteiger partial charge in [0.2, 0.25) is 11.8 Å². The van der Waals surface area contributed by atoms with Crippen molar-refractivity contribution in [3.05, 3.63) is 65.0 Å². The van der Waals surface area contributed by atoms with Crippen molar-refractivity contribution in [2.24, 2.45) is 0 Å². The number of rotatable bonds is 4. The van der Waals surface area contributed by atoms with Crippen LogP contribution in [0.5, 0.6) is 0 Å². The summed E-state index contributed by atoms with van der Waals surface area (Å²) in [5.41, 5.74) is 3.75. The van der Waals surface area contributed by atoms with Crippen LogP contribution in [0.1, 0.15) is 23.1 Å². The van der Waals surface area contributed by atoms with E-state index in [2.05, 4.69) is 5.32 Å². The minimum absolute atomic E-state index is 0.0607. The SMILES string of the molecule is Cc1ccc(N2CC[C@H](NC(=O)Cc3cccc(F)c3)C2=O)cc1C. The van der Waals surface area contributed by atoms with Gasteiger partial charge in [-0.05, 0) is 61.2 Å². The molecule has 0 radical (unpaired) electrons. The summed E-state index contributed by atoms with van der Waals surface area (Å²) >= 11 is 0. The van der Waals surface area contributed by atoms with Gasteiger partial charge >= 0.3 is 0 Å². The monoisotopic (exact) mass is 340 g/mol. The van der Waals surface area contributed by atoms with Crippen molar-refractivity contribution in [2.45, 2.75) is 32.7 Å². The predicted molar refractivity (Wildman–Crippen MR) is 94.9 cm³/mol. The van der Waals surface area contributed by atoms with E-state index in [0.29, 0.717) is 18.5 Å². The Morgan fingerprint density at radius 3 is 2.72 bits per heavy atom. The Labute approximate surface area is 146 Å². The van der Waals surface area contributed by atoms with Crippen molar-refractivity contribution in [1.29, 1.82) is 0 Å². The van der Waals surface area contributed by atoms with Crippen LogP contribution in [0.3, 0.4) is 0 Å². The first-order chi connectivity index (χ1) is 11.9. The molecule has 0 unspecified atom stereocenters. The summed E-state index contributed by atoms with van der Waals surface area (Å²) in [5.74, 6) is -0.745. The first-order valence-corrected chi connectivity index (χ1v) is 8.36. The quantitative estimate of drug-likeness (QED) is 0.930. The third kappa shape index (κ3) is 3.87. The second-order valence-corrected chi connectivity index (χ2v) is 6.47. The maximum absolute atomic E-state index is 13.2. The van der Waals surface area contributed by atoms with Crippen LogP contribution in [-0.4, -0.2) is 24.4 Å². The molecule has 0 spiro atoms. The van der Waals surface area contributed by atoms with Crippen molar-refractivity contribution < 1.29 is 14.0 Å². The van der Waals surface area contributed by atoms with Gasteiger partial charge in [-0.15, -0.1) is 0 Å². The topological polar surface area (TPSA) is 49.4 Å². The number of halogens is 1. The maximum atomic E-state index is 13.2. The number of carbonyl (C=O) groups excluding carboxylic acids is 2. The lowest BCUT2D eigenvalue weighted by Gasteiger charge is -2.18. The summed E-state index contributed by atoms with van der Waals surface area (Å²) in [4.78, 5) is 26.5. The molecule has 1 aliphatic rings. The van der Waals surface area contributed by atoms with E-state index < -0.39 is 6.04 Å². The molecule has 0 aliphatic carbocycles. The van der Waals surface area contributed by atoms with E-state index in [1.807, 2.05) is 32.0 Å². The largest absolute Gasteiger partial charge is 0.344 e. The number of anilines is 1. The Morgan fingerprint density at radius 1 is 1.20 bits per heavy atom. The molecular formula is C20H21FN2O2. The van der Waals surface area contributed by atoms with Crippen LogP contribution >= 0.6 is 0 Å². The van der Waals surface area contributed by atoms with Gasteiger partial charge in [0.1, 0.15) is 11.9 Å². The zero-order valence-corrected chi connectivity index (χ0v) is 14.4. The van der Waals surface area contributed by atoms with Gasteiger partial charge in [0.25, 0.3) is 0 Å². The Morgan fingerprint density at radius 2 is 2.00 bits per heavy atom. The molecule has 2 aromatic carbocycles. The molecule has 2 aromatic rings. The Hall–Kier alpha value is -2.69. The second-order valence-electron chi connectivity index (χ2n) is 6.47. The average molecular weight is 340 g/mol. The van der Waals surface area contributed by atoms with Gasteiger partial charge in [-0.2, -0.15) is 0 Å². The highest BCUT2D eigenvalue weighted by Crippen LogP contribution is 2.24. The van der Waals surface area contributed by atoms with E-state index >= 15 is 0 Å². The van der Waals surface area contributed by atoms with Gasteiger partial charge in [-0.25, -0.2) is 4.39 Å². The minimum Gasteiger partial charge on any atom is -0.344 e. The number of hydrogen-bond donors (Lipinski definition) is 1. The lowest BCUT2D eigenvalue weighted by molar-refractivity contribution is -0.126. The van der Waals surface area contributed by atoms with Crippen LogP contribution in [-0.2, 0) is 16.0 Å². The van der Waals surface area contributed by atoms with Gasteiger partial charge in [-0.3, -0.25) is 9.59 Å². The average Bonchev–Trinajstić information content (AvgIpc) is 2.91. The van der Waals surface area contributed by atoms with Gasteiger partial charge in [0, 0.05) is 12.2 Å². The van der Waals surface area contributed by atoms with Crippen LogP contribution in [0.15, 0.2) is 42.5 Å². The smallest absolute Gasteiger partial charge is 0.249 e. The summed E-state index contributed by atoms with van der Waals surface area (Å²) in [6.45, 7) is 4.62. The molecule has 5 heteroatoms. The zero-order chi connectivity index (χ0) is 18.0. The third-order valence-electron chi connectivity index (χ3n) is 4.60. The summed E-state index contributed by atoms with van der Waals surface area (Å²) in [7, 11) is 0. The maximum Gasteiger partial charge on any atom is 0.249 e. The Balaban J connectivity index is 1.63. The number of hydrogen-bond acceptors (Lipinski definition) is 2. The lowest BCUT2D eigenvalue weighted by atomic mass is 10.1. The molecule has 1 aliphatic heterocycles. The van der Waals surface area contributed by atoms with E-state index in [0.717, 1.165) is 11.3 Å². The molecular weight excluding hydrogens is 319 g/mol. The Bertz CT molecular complexity index is 819. The molecule has 130 valence electrons. The summed E-state index contributed by atoms with van der Waals surface area (Å²) in [6.07, 6.45) is 0.631. The molecule has 0 bridgehead atoms. The highest BCUT2D eigenvalue weighted by atomic mass is 19.1. The molecule has 1 fully saturated rings. The standard InChI is InChI=1S/C20H21FN2O2/c1-13-6-7-17(10-14(13)2)23-9-8-18(20(23)25)22-19(24)12-15-4-3-5-16(21)11-15/h3-7,10-11,18H,8-9,12H2,1-2H3,(H,22,24)/t18-/m0/s1. The zero-order valence-electron chi connectivity index (χ0n) is 14.4. The van der Waals surface area contributed by atoms with E-state index in [4.69, 9.17) is 0 Å². The normalized spacial score (nSPS) is 17.0. The van der Waals surface area contributed by atoms with Crippen LogP contribution in [0.2, 0.25) is 0 Å². The number of benzene rings is 2. The van der Waals surface area contributed by atoms with Crippen molar-refractivity contribution in [3.63, 3.8) is 0 Å². The summed E-state index contributed by atoms with van der Waals surface area (Å²) < 4.78 is 13.2. The number of amides is 2. The van der Waals surface area contributed by atoms with E-state index in [1.54, 1.807) is 17.0 Å². The van der Waals surface area contributed by atoms with Crippen molar-refractivity contribution in [2.75, 3.05) is 11.4 Å². The molecule has 1 atom stereocenters. The van der Waals surface area contributed by atoms with E-state index in [1.165, 1.54) is 17.7 Å². The van der Waals surface area contributed by atoms with Crippen LogP contribution in [0.4, 0.5) is 10.1 Å². The van der Waals surface area contributed by atoms with Gasteiger partial charge < -0.3 is 10.2 Å². The minimum atomic E-state index is -0.525. The van der Waals surface area contributed by atoms with Crippen molar-refractivity contribution in [3.8, 4) is 0 Å². The molecule has 1 heterocycles. The van der Waals surface area contributed by atoms with Crippen LogP contribution in [0, 0.1) is 19.7 Å². The highest BCUT2D eigenvalue weighted by molar-refractivity contribution is 6.01. The van der Waals surface area contributed by atoms with Crippen molar-refractivity contribution in [1.82, 2.24) is 5.32 Å². The molecule has 0 aromatic heterocycles. The van der Waals surface area contributed by atoms with Gasteiger partial charge in [0.15, 0.2) is 0 Å². The summed E-state index contributed by atoms with van der Waals surface area (Å²) in [6, 6.07) is 11.3. The lowest BCUT2D eigenvalue weighted by Crippen LogP contribution is -2.42. The molecule has 1 N–H and O–H groups in total. The molecule has 25 heavy (non-hydrogen) atoms. The van der Waals surface area contributed by atoms with E-state index in [9.17, 15) is 14.0 Å². The first-order valence-electron chi connectivity index (χ1n) is 8.36. The number of nitrogens with zero attached hydrogens (tertiary/aromatic N) is 1. The summed E-state index contributed by atoms with van der Waals surface area (Å²) in [5, 5.41) is 2.77. The number of carbonyl (C=O) groups is 2. The van der Waals surface area contributed by atoms with Crippen LogP contribution < -0.4 is 10.2 Å². The molecule has 2 amide bonds. The van der Waals surface area contributed by atoms with Crippen LogP contribution in [0.25, 0.3) is 0 Å². The van der Waals surface area contributed by atoms with Gasteiger partial charge in [-0.1, -0.05) is 18.2 Å². The van der Waals surface area contributed by atoms with Gasteiger partial charge in [0.05, 0.1) is 6.42 Å². The fourth-order valence-corrected chi connectivity index (χ4v) is 3.04. The third-order valence-corrected chi connectivity index (χ3v) is 4.60. The number of aryl methyl sites for hydroxylation is 2. The predicted octanol–water partition coefficient (Wildman–Crippen LogP) is 2.91. The van der Waals surface area contributed by atoms with E-state index in [-0.39, 0.29) is 24.1 Å². The Kier molecular flexibility index (Phi) is 4.83. The fraction of sp³-hybridized carbons (Fsp3) is 0.300. The molecule has 4 nitrogen and oxygen atoms in total.